The number of hydrogen-bond donors (Lipinski definition) is 0. The summed E-state index contributed by atoms with van der Waals surface area (Å²) in [6.07, 6.45) is 2.69. The van der Waals surface area contributed by atoms with Crippen LogP contribution in [0.15, 0.2) is 0 Å². The van der Waals surface area contributed by atoms with Crippen LogP contribution in [0.2, 0.25) is 0 Å². The molecule has 0 saturated carbocycles. The van der Waals surface area contributed by atoms with Crippen molar-refractivity contribution < 1.29 is 4.79 Å². The molecule has 0 fully saturated rings. The molecule has 7 heavy (non-hydrogen) atoms. The van der Waals surface area contributed by atoms with Crippen molar-refractivity contribution in [2.75, 3.05) is 0 Å². The molecule has 1 unspecified atom stereocenters. The highest BCUT2D eigenvalue weighted by molar-refractivity contribution is 5.51. The first-order chi connectivity index (χ1) is 3.31. The van der Waals surface area contributed by atoms with Gasteiger partial charge in [-0.1, -0.05) is 6.92 Å². The zero-order chi connectivity index (χ0) is 5.70. The van der Waals surface area contributed by atoms with E-state index in [-0.39, 0.29) is 12.5 Å². The predicted molar refractivity (Wildman–Crippen MR) is 27.5 cm³/mol. The number of hydrogen-bond acceptors (Lipinski definition) is 1. The SMILES string of the molecule is CCC([NH])C[C]=O. The average Bonchev–Trinajstić information content (AvgIpc) is 1.68. The molecule has 2 heteroatoms. The van der Waals surface area contributed by atoms with Crippen LogP contribution in [0, 0.1) is 0 Å². The number of rotatable bonds is 3. The van der Waals surface area contributed by atoms with E-state index in [9.17, 15) is 4.79 Å². The Bertz CT molecular complexity index is 54.0. The summed E-state index contributed by atoms with van der Waals surface area (Å²) in [7, 11) is 0. The van der Waals surface area contributed by atoms with Crippen molar-refractivity contribution in [3.63, 3.8) is 0 Å². The van der Waals surface area contributed by atoms with E-state index in [4.69, 9.17) is 5.73 Å². The van der Waals surface area contributed by atoms with E-state index >= 15 is 0 Å². The summed E-state index contributed by atoms with van der Waals surface area (Å²) in [5.74, 6) is 0. The minimum atomic E-state index is -0.225. The van der Waals surface area contributed by atoms with Crippen molar-refractivity contribution >= 4 is 6.29 Å². The Balaban J connectivity index is 2.98. The van der Waals surface area contributed by atoms with Crippen molar-refractivity contribution in [3.8, 4) is 0 Å². The monoisotopic (exact) mass is 99.1 g/mol. The fourth-order valence-electron chi connectivity index (χ4n) is 0.245. The van der Waals surface area contributed by atoms with E-state index in [0.29, 0.717) is 0 Å². The lowest BCUT2D eigenvalue weighted by Gasteiger charge is -1.96. The van der Waals surface area contributed by atoms with E-state index in [1.54, 1.807) is 6.29 Å². The molecule has 40 valence electrons. The first-order valence-corrected chi connectivity index (χ1v) is 2.37. The Labute approximate surface area is 43.7 Å². The van der Waals surface area contributed by atoms with Gasteiger partial charge in [0.1, 0.15) is 0 Å². The molecule has 0 heterocycles. The molecular formula is C5H9NO. The Kier molecular flexibility index (Phi) is 3.61. The van der Waals surface area contributed by atoms with E-state index < -0.39 is 0 Å². The van der Waals surface area contributed by atoms with Gasteiger partial charge in [-0.05, 0) is 6.42 Å². The van der Waals surface area contributed by atoms with Crippen LogP contribution in [0.25, 0.3) is 0 Å². The summed E-state index contributed by atoms with van der Waals surface area (Å²) < 4.78 is 0. The van der Waals surface area contributed by atoms with Gasteiger partial charge in [0.05, 0.1) is 0 Å². The van der Waals surface area contributed by atoms with E-state index in [2.05, 4.69) is 0 Å². The zero-order valence-corrected chi connectivity index (χ0v) is 4.40. The lowest BCUT2D eigenvalue weighted by Crippen LogP contribution is -2.06. The van der Waals surface area contributed by atoms with Gasteiger partial charge in [-0.3, -0.25) is 10.5 Å². The molecule has 0 bridgehead atoms. The quantitative estimate of drug-likeness (QED) is 0.509. The largest absolute Gasteiger partial charge is 0.291 e. The van der Waals surface area contributed by atoms with Crippen LogP contribution < -0.4 is 5.73 Å². The van der Waals surface area contributed by atoms with Gasteiger partial charge in [-0.2, -0.15) is 0 Å². The third-order valence-electron chi connectivity index (χ3n) is 0.823. The number of nitrogens with one attached hydrogen (secondary N) is 1. The van der Waals surface area contributed by atoms with Gasteiger partial charge >= 0.3 is 0 Å². The second-order valence-electron chi connectivity index (χ2n) is 1.45. The lowest BCUT2D eigenvalue weighted by atomic mass is 10.2. The molecule has 0 saturated heterocycles. The van der Waals surface area contributed by atoms with Gasteiger partial charge in [-0.15, -0.1) is 0 Å². The van der Waals surface area contributed by atoms with Crippen LogP contribution >= 0.6 is 0 Å². The van der Waals surface area contributed by atoms with Crippen molar-refractivity contribution in [1.29, 1.82) is 0 Å². The van der Waals surface area contributed by atoms with Gasteiger partial charge < -0.3 is 0 Å². The summed E-state index contributed by atoms with van der Waals surface area (Å²) in [6, 6.07) is -0.225. The van der Waals surface area contributed by atoms with Crippen LogP contribution in [0.3, 0.4) is 0 Å². The molecule has 0 aliphatic carbocycles. The fourth-order valence-corrected chi connectivity index (χ4v) is 0.245. The minimum absolute atomic E-state index is 0.225. The van der Waals surface area contributed by atoms with E-state index in [1.165, 1.54) is 0 Å². The molecule has 0 aromatic rings. The Hall–Kier alpha value is -0.370. The molecule has 0 amide bonds. The first-order valence-electron chi connectivity index (χ1n) is 2.37. The predicted octanol–water partition coefficient (Wildman–Crippen LogP) is 0.548. The van der Waals surface area contributed by atoms with E-state index in [1.807, 2.05) is 6.92 Å². The maximum absolute atomic E-state index is 9.53. The summed E-state index contributed by atoms with van der Waals surface area (Å²) in [4.78, 5) is 9.53. The highest BCUT2D eigenvalue weighted by atomic mass is 16.1. The van der Waals surface area contributed by atoms with Gasteiger partial charge in [0, 0.05) is 12.5 Å². The van der Waals surface area contributed by atoms with Crippen molar-refractivity contribution in [1.82, 2.24) is 5.73 Å². The third kappa shape index (κ3) is 3.46. The topological polar surface area (TPSA) is 40.9 Å². The maximum Gasteiger partial charge on any atom is 0.200 e. The summed E-state index contributed by atoms with van der Waals surface area (Å²) in [5, 5.41) is 0. The highest BCUT2D eigenvalue weighted by Crippen LogP contribution is 1.89. The fraction of sp³-hybridized carbons (Fsp3) is 0.800. The molecule has 0 rings (SSSR count). The molecule has 2 nitrogen and oxygen atoms in total. The molecule has 0 spiro atoms. The van der Waals surface area contributed by atoms with Crippen molar-refractivity contribution in [3.05, 3.63) is 0 Å². The summed E-state index contributed by atoms with van der Waals surface area (Å²) in [6.45, 7) is 1.88. The minimum Gasteiger partial charge on any atom is -0.291 e. The van der Waals surface area contributed by atoms with Crippen LogP contribution in [0.1, 0.15) is 19.8 Å². The van der Waals surface area contributed by atoms with Crippen LogP contribution in [-0.4, -0.2) is 12.3 Å². The normalized spacial score (nSPS) is 13.4. The average molecular weight is 99.1 g/mol. The van der Waals surface area contributed by atoms with Crippen molar-refractivity contribution in [2.45, 2.75) is 25.8 Å². The van der Waals surface area contributed by atoms with Crippen molar-refractivity contribution in [2.24, 2.45) is 0 Å². The standard InChI is InChI=1S/C5H9NO/c1-2-5(6)3-4-7/h5-6H,2-3H2,1H3. The Morgan fingerprint density at radius 2 is 2.43 bits per heavy atom. The molecule has 0 aliphatic rings. The molecule has 1 atom stereocenters. The molecule has 0 aromatic heterocycles. The Morgan fingerprint density at radius 1 is 1.86 bits per heavy atom. The van der Waals surface area contributed by atoms with Crippen LogP contribution in [0.5, 0.6) is 0 Å². The molecule has 2 radical (unpaired) electrons. The van der Waals surface area contributed by atoms with Gasteiger partial charge in [0.2, 0.25) is 0 Å². The molecular weight excluding hydrogens is 90.1 g/mol. The lowest BCUT2D eigenvalue weighted by molar-refractivity contribution is 0.535. The van der Waals surface area contributed by atoms with Crippen LogP contribution in [-0.2, 0) is 4.79 Å². The van der Waals surface area contributed by atoms with Gasteiger partial charge in [0.15, 0.2) is 6.29 Å². The zero-order valence-electron chi connectivity index (χ0n) is 4.40. The van der Waals surface area contributed by atoms with E-state index in [0.717, 1.165) is 6.42 Å². The molecule has 0 aromatic carbocycles. The Morgan fingerprint density at radius 3 is 2.57 bits per heavy atom. The second-order valence-corrected chi connectivity index (χ2v) is 1.45. The smallest absolute Gasteiger partial charge is 0.200 e. The van der Waals surface area contributed by atoms with Crippen LogP contribution in [0.4, 0.5) is 0 Å². The number of carbonyl (C=O) groups excluding carboxylic acids is 1. The summed E-state index contributed by atoms with van der Waals surface area (Å²) in [5.41, 5.74) is 6.96. The second kappa shape index (κ2) is 3.81. The molecule has 1 N–H and O–H groups in total. The highest BCUT2D eigenvalue weighted by Gasteiger charge is 1.95. The summed E-state index contributed by atoms with van der Waals surface area (Å²) >= 11 is 0. The van der Waals surface area contributed by atoms with Gasteiger partial charge in [-0.25, -0.2) is 0 Å². The molecule has 0 aliphatic heterocycles. The first kappa shape index (κ1) is 6.63. The van der Waals surface area contributed by atoms with Gasteiger partial charge in [0.25, 0.3) is 0 Å². The third-order valence-corrected chi connectivity index (χ3v) is 0.823. The maximum atomic E-state index is 9.53.